The van der Waals surface area contributed by atoms with E-state index in [1.54, 1.807) is 6.92 Å². The van der Waals surface area contributed by atoms with E-state index in [2.05, 4.69) is 20.2 Å². The Morgan fingerprint density at radius 2 is 1.97 bits per heavy atom. The Bertz CT molecular complexity index is 1270. The number of aliphatic hydroxyl groups excluding tert-OH is 1. The predicted molar refractivity (Wildman–Crippen MR) is 140 cm³/mol. The maximum atomic E-state index is 15.7. The van der Waals surface area contributed by atoms with Gasteiger partial charge in [0.15, 0.2) is 4.34 Å². The van der Waals surface area contributed by atoms with Crippen molar-refractivity contribution in [3.05, 3.63) is 40.6 Å². The summed E-state index contributed by atoms with van der Waals surface area (Å²) >= 11 is 2.94. The fraction of sp³-hybridized carbons (Fsp3) is 0.560. The number of aromatic amines is 1. The van der Waals surface area contributed by atoms with Crippen LogP contribution in [0.3, 0.4) is 0 Å². The molecule has 3 N–H and O–H groups in total. The van der Waals surface area contributed by atoms with Crippen molar-refractivity contribution in [3.63, 3.8) is 0 Å². The number of likely N-dealkylation sites (tertiary alicyclic amines) is 1. The summed E-state index contributed by atoms with van der Waals surface area (Å²) in [5, 5.41) is 12.4. The van der Waals surface area contributed by atoms with Crippen LogP contribution >= 0.6 is 23.1 Å². The first-order chi connectivity index (χ1) is 18.1. The Balaban J connectivity index is 1.50. The van der Waals surface area contributed by atoms with Gasteiger partial charge in [-0.15, -0.1) is 11.3 Å². The maximum absolute atomic E-state index is 15.7. The molecule has 0 amide bonds. The van der Waals surface area contributed by atoms with Gasteiger partial charge in [0, 0.05) is 42.6 Å². The molecule has 208 valence electrons. The average molecular weight is 576 g/mol. The summed E-state index contributed by atoms with van der Waals surface area (Å²) in [6, 6.07) is 0.732. The summed E-state index contributed by atoms with van der Waals surface area (Å²) in [4.78, 5) is 11.1. The summed E-state index contributed by atoms with van der Waals surface area (Å²) < 4.78 is 74.4. The number of hydrogen-bond acceptors (Lipinski definition) is 7. The van der Waals surface area contributed by atoms with Crippen LogP contribution in [0.15, 0.2) is 16.5 Å². The number of benzene rings is 1. The van der Waals surface area contributed by atoms with Crippen molar-refractivity contribution in [3.8, 4) is 0 Å². The smallest absolute Gasteiger partial charge is 0.283 e. The predicted octanol–water partition coefficient (Wildman–Crippen LogP) is 5.04. The zero-order valence-electron chi connectivity index (χ0n) is 21.0. The molecule has 0 radical (unpaired) electrons. The lowest BCUT2D eigenvalue weighted by molar-refractivity contribution is -0.0869. The van der Waals surface area contributed by atoms with Gasteiger partial charge in [0.25, 0.3) is 5.92 Å². The van der Waals surface area contributed by atoms with E-state index in [-0.39, 0.29) is 24.0 Å². The molecule has 0 aliphatic carbocycles. The van der Waals surface area contributed by atoms with Crippen molar-refractivity contribution in [2.24, 2.45) is 0 Å². The molecule has 2 aliphatic heterocycles. The van der Waals surface area contributed by atoms with E-state index >= 15 is 8.78 Å². The Hall–Kier alpha value is -1.93. The van der Waals surface area contributed by atoms with Gasteiger partial charge >= 0.3 is 0 Å². The summed E-state index contributed by atoms with van der Waals surface area (Å²) in [6.07, 6.45) is 2.75. The number of aliphatic hydroxyl groups is 1. The Labute approximate surface area is 225 Å². The van der Waals surface area contributed by atoms with Crippen LogP contribution in [-0.4, -0.2) is 88.6 Å². The second-order valence-electron chi connectivity index (χ2n) is 10.0. The first-order valence-corrected chi connectivity index (χ1v) is 14.5. The number of thioether (sulfide) groups is 1. The monoisotopic (exact) mass is 575 g/mol. The molecule has 1 fully saturated rings. The van der Waals surface area contributed by atoms with Gasteiger partial charge < -0.3 is 15.4 Å². The highest BCUT2D eigenvalue weighted by atomic mass is 32.2. The van der Waals surface area contributed by atoms with Crippen molar-refractivity contribution in [1.82, 2.24) is 19.8 Å². The number of alkyl halides is 3. The molecule has 2 aliphatic rings. The largest absolute Gasteiger partial charge is 0.390 e. The number of fused-ring (bicyclic) bond motifs is 3. The molecule has 2 aromatic heterocycles. The average Bonchev–Trinajstić information content (AvgIpc) is 3.40. The third kappa shape index (κ3) is 5.27. The lowest BCUT2D eigenvalue weighted by Crippen LogP contribution is -2.54. The van der Waals surface area contributed by atoms with Crippen LogP contribution in [0.25, 0.3) is 10.3 Å². The molecule has 13 heteroatoms. The van der Waals surface area contributed by atoms with Crippen LogP contribution in [0, 0.1) is 11.6 Å². The number of H-pyrrole nitrogens is 1. The van der Waals surface area contributed by atoms with Crippen LogP contribution in [0.1, 0.15) is 36.2 Å². The molecule has 0 saturated carbocycles. The minimum Gasteiger partial charge on any atom is -0.390 e. The van der Waals surface area contributed by atoms with E-state index in [1.807, 2.05) is 6.26 Å². The fourth-order valence-corrected chi connectivity index (χ4v) is 7.02. The van der Waals surface area contributed by atoms with Crippen LogP contribution in [0.4, 0.5) is 27.6 Å². The molecule has 1 saturated heterocycles. The number of anilines is 1. The standard InChI is InChI=1S/C25H30F5N5OS2/c1-13-6-16-20(32-23-22(16)38-24(33-23)37-2)21(35(13)11-25(29,30)12-36)19-17(27)7-14(8-18(19)28)31-15-9-34(10-15)5-3-4-26/h7-8,13,15,21,31-32,36H,3-6,9-12H2,1-2H3/t13-,21-/m0/s1. The number of hydrogen-bond donors (Lipinski definition) is 3. The second kappa shape index (κ2) is 10.9. The number of nitrogens with zero attached hydrogens (tertiary/aromatic N) is 3. The first kappa shape index (κ1) is 27.6. The molecule has 4 heterocycles. The van der Waals surface area contributed by atoms with Crippen LogP contribution in [0.5, 0.6) is 0 Å². The first-order valence-electron chi connectivity index (χ1n) is 12.5. The van der Waals surface area contributed by atoms with Crippen LogP contribution in [0.2, 0.25) is 0 Å². The van der Waals surface area contributed by atoms with E-state index < -0.39 is 42.8 Å². The Morgan fingerprint density at radius 1 is 1.26 bits per heavy atom. The van der Waals surface area contributed by atoms with Gasteiger partial charge in [-0.1, -0.05) is 11.8 Å². The zero-order valence-corrected chi connectivity index (χ0v) is 22.7. The highest BCUT2D eigenvalue weighted by Gasteiger charge is 2.44. The quantitative estimate of drug-likeness (QED) is 0.233. The van der Waals surface area contributed by atoms with Crippen LogP contribution in [-0.2, 0) is 6.42 Å². The van der Waals surface area contributed by atoms with E-state index in [1.165, 1.54) is 40.1 Å². The van der Waals surface area contributed by atoms with Crippen LogP contribution < -0.4 is 5.32 Å². The van der Waals surface area contributed by atoms with Gasteiger partial charge in [-0.3, -0.25) is 14.2 Å². The number of thiazole rings is 1. The molecule has 3 aromatic rings. The molecule has 5 rings (SSSR count). The molecule has 0 spiro atoms. The lowest BCUT2D eigenvalue weighted by atomic mass is 9.88. The molecule has 0 unspecified atom stereocenters. The number of aromatic nitrogens is 2. The second-order valence-corrected chi connectivity index (χ2v) is 12.1. The molecule has 38 heavy (non-hydrogen) atoms. The lowest BCUT2D eigenvalue weighted by Gasteiger charge is -2.42. The van der Waals surface area contributed by atoms with Crippen molar-refractivity contribution >= 4 is 39.1 Å². The number of halogens is 5. The fourth-order valence-electron chi connectivity index (χ4n) is 5.44. The Morgan fingerprint density at radius 3 is 2.61 bits per heavy atom. The maximum Gasteiger partial charge on any atom is 0.283 e. The Kier molecular flexibility index (Phi) is 7.94. The van der Waals surface area contributed by atoms with Gasteiger partial charge in [0.1, 0.15) is 23.9 Å². The highest BCUT2D eigenvalue weighted by molar-refractivity contribution is 8.00. The SMILES string of the molecule is CSc1nc2[nH]c3c(c2s1)C[C@H](C)N(CC(F)(F)CO)[C@H]3c1c(F)cc(NC2CN(CCCF)C2)cc1F. The third-order valence-corrected chi connectivity index (χ3v) is 9.34. The van der Waals surface area contributed by atoms with Crippen molar-refractivity contribution in [2.45, 2.75) is 48.2 Å². The molecular weight excluding hydrogens is 545 g/mol. The number of rotatable bonds is 10. The van der Waals surface area contributed by atoms with Gasteiger partial charge in [0.2, 0.25) is 0 Å². The third-order valence-electron chi connectivity index (χ3n) is 7.24. The molecule has 0 bridgehead atoms. The van der Waals surface area contributed by atoms with E-state index in [9.17, 15) is 18.3 Å². The summed E-state index contributed by atoms with van der Waals surface area (Å²) in [6.45, 7) is 1.05. The summed E-state index contributed by atoms with van der Waals surface area (Å²) in [5.41, 5.74) is 1.77. The molecule has 2 atom stereocenters. The normalized spacial score (nSPS) is 21.2. The van der Waals surface area contributed by atoms with E-state index in [4.69, 9.17) is 0 Å². The van der Waals surface area contributed by atoms with E-state index in [0.717, 1.165) is 14.6 Å². The molecule has 6 nitrogen and oxygen atoms in total. The minimum absolute atomic E-state index is 0.0211. The van der Waals surface area contributed by atoms with Crippen molar-refractivity contribution in [1.29, 1.82) is 0 Å². The van der Waals surface area contributed by atoms with Crippen molar-refractivity contribution in [2.75, 3.05) is 51.0 Å². The number of nitrogens with one attached hydrogen (secondary N) is 2. The molecular formula is C25H30F5N5OS2. The van der Waals surface area contributed by atoms with Crippen molar-refractivity contribution < 1.29 is 27.1 Å². The zero-order chi connectivity index (χ0) is 27.2. The van der Waals surface area contributed by atoms with Gasteiger partial charge in [-0.2, -0.15) is 0 Å². The van der Waals surface area contributed by atoms with Gasteiger partial charge in [-0.25, -0.2) is 22.5 Å². The topological polar surface area (TPSA) is 67.4 Å². The highest BCUT2D eigenvalue weighted by Crippen LogP contribution is 2.45. The van der Waals surface area contributed by atoms with Gasteiger partial charge in [0.05, 0.1) is 30.0 Å². The van der Waals surface area contributed by atoms with Gasteiger partial charge in [-0.05, 0) is 43.7 Å². The molecule has 1 aromatic carbocycles. The minimum atomic E-state index is -3.45. The summed E-state index contributed by atoms with van der Waals surface area (Å²) in [7, 11) is 0. The summed E-state index contributed by atoms with van der Waals surface area (Å²) in [5.74, 6) is -5.15. The van der Waals surface area contributed by atoms with E-state index in [0.29, 0.717) is 43.8 Å².